The highest BCUT2D eigenvalue weighted by molar-refractivity contribution is 5.84. The van der Waals surface area contributed by atoms with Crippen molar-refractivity contribution >= 4 is 11.8 Å². The molecule has 0 aliphatic rings. The highest BCUT2D eigenvalue weighted by Gasteiger charge is 2.04. The molecule has 0 bridgehead atoms. The van der Waals surface area contributed by atoms with Gasteiger partial charge in [0.2, 0.25) is 0 Å². The molecule has 17 heavy (non-hydrogen) atoms. The fourth-order valence-corrected chi connectivity index (χ4v) is 1.08. The maximum atomic E-state index is 13.5. The van der Waals surface area contributed by atoms with Crippen molar-refractivity contribution < 1.29 is 19.0 Å². The van der Waals surface area contributed by atoms with Crippen molar-refractivity contribution in [2.24, 2.45) is 0 Å². The summed E-state index contributed by atoms with van der Waals surface area (Å²) >= 11 is 0. The molecular formula is C12H12FNO3. The molecule has 0 aliphatic carbocycles. The summed E-state index contributed by atoms with van der Waals surface area (Å²) in [5.41, 5.74) is 0.510. The number of hydrogen-bond acceptors (Lipinski definition) is 3. The summed E-state index contributed by atoms with van der Waals surface area (Å²) in [5.74, 6) is 4.65. The van der Waals surface area contributed by atoms with Crippen molar-refractivity contribution in [2.75, 3.05) is 19.0 Å². The molecule has 90 valence electrons. The van der Waals surface area contributed by atoms with Gasteiger partial charge < -0.3 is 9.84 Å². The van der Waals surface area contributed by atoms with Crippen LogP contribution in [0.3, 0.4) is 0 Å². The summed E-state index contributed by atoms with van der Waals surface area (Å²) in [5, 5.41) is 10.9. The quantitative estimate of drug-likeness (QED) is 0.770. The summed E-state index contributed by atoms with van der Waals surface area (Å²) in [4.78, 5) is 10.9. The van der Waals surface area contributed by atoms with E-state index in [9.17, 15) is 9.18 Å². The second kappa shape index (κ2) is 6.51. The Labute approximate surface area is 98.4 Å². The van der Waals surface area contributed by atoms with E-state index in [1.165, 1.54) is 19.2 Å². The van der Waals surface area contributed by atoms with Crippen LogP contribution in [0.5, 0.6) is 0 Å². The average Bonchev–Trinajstić information content (AvgIpc) is 2.32. The zero-order chi connectivity index (χ0) is 12.7. The topological polar surface area (TPSA) is 58.6 Å². The lowest BCUT2D eigenvalue weighted by atomic mass is 10.2. The number of benzene rings is 1. The zero-order valence-corrected chi connectivity index (χ0v) is 9.29. The summed E-state index contributed by atoms with van der Waals surface area (Å²) < 4.78 is 17.9. The van der Waals surface area contributed by atoms with E-state index in [1.54, 1.807) is 0 Å². The van der Waals surface area contributed by atoms with Crippen LogP contribution < -0.4 is 5.32 Å². The number of amides is 1. The van der Waals surface area contributed by atoms with E-state index in [0.717, 1.165) is 6.07 Å². The molecule has 1 rings (SSSR count). The number of anilines is 1. The third-order valence-corrected chi connectivity index (χ3v) is 1.86. The standard InChI is InChI=1S/C12H12FNO3/c1-17-12(16)14-10-6-5-9(11(13)8-10)4-2-3-7-15/h5-6,8,15H,3,7H2,1H3,(H,14,16). The molecule has 0 aliphatic heterocycles. The van der Waals surface area contributed by atoms with Crippen molar-refractivity contribution in [1.29, 1.82) is 0 Å². The lowest BCUT2D eigenvalue weighted by Gasteiger charge is -2.03. The van der Waals surface area contributed by atoms with Gasteiger partial charge in [-0.15, -0.1) is 0 Å². The van der Waals surface area contributed by atoms with E-state index < -0.39 is 11.9 Å². The van der Waals surface area contributed by atoms with E-state index in [-0.39, 0.29) is 12.2 Å². The lowest BCUT2D eigenvalue weighted by Crippen LogP contribution is -2.11. The second-order valence-corrected chi connectivity index (χ2v) is 3.09. The lowest BCUT2D eigenvalue weighted by molar-refractivity contribution is 0.187. The van der Waals surface area contributed by atoms with Gasteiger partial charge >= 0.3 is 6.09 Å². The Balaban J connectivity index is 2.80. The SMILES string of the molecule is COC(=O)Nc1ccc(C#CCCO)c(F)c1. The van der Waals surface area contributed by atoms with Gasteiger partial charge in [0.05, 0.1) is 19.3 Å². The summed E-state index contributed by atoms with van der Waals surface area (Å²) in [6, 6.07) is 4.12. The highest BCUT2D eigenvalue weighted by atomic mass is 19.1. The Bertz CT molecular complexity index is 463. The van der Waals surface area contributed by atoms with Gasteiger partial charge in [0.25, 0.3) is 0 Å². The van der Waals surface area contributed by atoms with Gasteiger partial charge in [-0.1, -0.05) is 11.8 Å². The minimum absolute atomic E-state index is 0.0589. The number of halogens is 1. The number of rotatable bonds is 2. The molecule has 0 fully saturated rings. The van der Waals surface area contributed by atoms with Crippen molar-refractivity contribution in [3.63, 3.8) is 0 Å². The molecule has 1 aromatic carbocycles. The molecule has 0 unspecified atom stereocenters. The fourth-order valence-electron chi connectivity index (χ4n) is 1.08. The molecule has 0 spiro atoms. The molecule has 0 atom stereocenters. The normalized spacial score (nSPS) is 9.12. The van der Waals surface area contributed by atoms with Gasteiger partial charge in [-0.05, 0) is 18.2 Å². The van der Waals surface area contributed by atoms with Crippen molar-refractivity contribution in [2.45, 2.75) is 6.42 Å². The molecule has 0 radical (unpaired) electrons. The van der Waals surface area contributed by atoms with Crippen molar-refractivity contribution in [3.05, 3.63) is 29.6 Å². The molecule has 1 aromatic rings. The van der Waals surface area contributed by atoms with Crippen LogP contribution in [0.15, 0.2) is 18.2 Å². The van der Waals surface area contributed by atoms with Crippen LogP contribution in [-0.2, 0) is 4.74 Å². The second-order valence-electron chi connectivity index (χ2n) is 3.09. The number of carbonyl (C=O) groups is 1. The van der Waals surface area contributed by atoms with E-state index in [0.29, 0.717) is 12.1 Å². The van der Waals surface area contributed by atoms with Crippen LogP contribution in [0.4, 0.5) is 14.9 Å². The highest BCUT2D eigenvalue weighted by Crippen LogP contribution is 2.13. The number of nitrogens with one attached hydrogen (secondary N) is 1. The number of aliphatic hydroxyl groups excluding tert-OH is 1. The number of hydrogen-bond donors (Lipinski definition) is 2. The van der Waals surface area contributed by atoms with Crippen LogP contribution >= 0.6 is 0 Å². The first-order valence-electron chi connectivity index (χ1n) is 4.91. The van der Waals surface area contributed by atoms with Crippen molar-refractivity contribution in [1.82, 2.24) is 0 Å². The number of aliphatic hydroxyl groups is 1. The molecule has 4 nitrogen and oxygen atoms in total. The monoisotopic (exact) mass is 237 g/mol. The van der Waals surface area contributed by atoms with Crippen LogP contribution in [0.2, 0.25) is 0 Å². The van der Waals surface area contributed by atoms with Crippen LogP contribution in [0.25, 0.3) is 0 Å². The number of methoxy groups -OCH3 is 1. The fraction of sp³-hybridized carbons (Fsp3) is 0.250. The Morgan fingerprint density at radius 2 is 2.35 bits per heavy atom. The van der Waals surface area contributed by atoms with Gasteiger partial charge in [-0.3, -0.25) is 5.32 Å². The predicted octanol–water partition coefficient (Wildman–Crippen LogP) is 1.74. The van der Waals surface area contributed by atoms with E-state index >= 15 is 0 Å². The third kappa shape index (κ3) is 4.13. The number of ether oxygens (including phenoxy) is 1. The van der Waals surface area contributed by atoms with Crippen LogP contribution in [-0.4, -0.2) is 24.9 Å². The van der Waals surface area contributed by atoms with Gasteiger partial charge in [0.15, 0.2) is 0 Å². The first-order chi connectivity index (χ1) is 8.17. The maximum Gasteiger partial charge on any atom is 0.411 e. The molecular weight excluding hydrogens is 225 g/mol. The average molecular weight is 237 g/mol. The summed E-state index contributed by atoms with van der Waals surface area (Å²) in [6.45, 7) is -0.0589. The molecule has 0 saturated carbocycles. The first kappa shape index (κ1) is 13.0. The molecule has 0 aromatic heterocycles. The first-order valence-corrected chi connectivity index (χ1v) is 4.91. The van der Waals surface area contributed by atoms with Gasteiger partial charge in [-0.2, -0.15) is 0 Å². The Hall–Kier alpha value is -2.06. The predicted molar refractivity (Wildman–Crippen MR) is 61.0 cm³/mol. The van der Waals surface area contributed by atoms with Crippen molar-refractivity contribution in [3.8, 4) is 11.8 Å². The minimum atomic E-state index is -0.663. The largest absolute Gasteiger partial charge is 0.453 e. The third-order valence-electron chi connectivity index (χ3n) is 1.86. The molecule has 5 heteroatoms. The Kier molecular flexibility index (Phi) is 4.98. The molecule has 0 heterocycles. The maximum absolute atomic E-state index is 13.5. The van der Waals surface area contributed by atoms with E-state index in [2.05, 4.69) is 21.9 Å². The Morgan fingerprint density at radius 1 is 1.59 bits per heavy atom. The molecule has 2 N–H and O–H groups in total. The van der Waals surface area contributed by atoms with E-state index in [4.69, 9.17) is 5.11 Å². The van der Waals surface area contributed by atoms with Gasteiger partial charge in [0, 0.05) is 12.1 Å². The van der Waals surface area contributed by atoms with Crippen LogP contribution in [0.1, 0.15) is 12.0 Å². The molecule has 1 amide bonds. The minimum Gasteiger partial charge on any atom is -0.453 e. The zero-order valence-electron chi connectivity index (χ0n) is 9.29. The van der Waals surface area contributed by atoms with Gasteiger partial charge in [0.1, 0.15) is 5.82 Å². The smallest absolute Gasteiger partial charge is 0.411 e. The van der Waals surface area contributed by atoms with Crippen LogP contribution in [0, 0.1) is 17.7 Å². The number of carbonyl (C=O) groups excluding carboxylic acids is 1. The van der Waals surface area contributed by atoms with E-state index in [1.807, 2.05) is 0 Å². The molecule has 0 saturated heterocycles. The Morgan fingerprint density at radius 3 is 2.94 bits per heavy atom. The summed E-state index contributed by atoms with van der Waals surface area (Å²) in [7, 11) is 1.22. The van der Waals surface area contributed by atoms with Gasteiger partial charge in [-0.25, -0.2) is 9.18 Å². The summed E-state index contributed by atoms with van der Waals surface area (Å²) in [6.07, 6.45) is -0.370.